The van der Waals surface area contributed by atoms with Gasteiger partial charge in [0.05, 0.1) is 31.5 Å². The van der Waals surface area contributed by atoms with Gasteiger partial charge in [0.2, 0.25) is 6.29 Å². The molecule has 3 unspecified atom stereocenters. The second kappa shape index (κ2) is 4.28. The van der Waals surface area contributed by atoms with Crippen LogP contribution in [0, 0.1) is 5.92 Å². The average Bonchev–Trinajstić information content (AvgIpc) is 2.67. The minimum Gasteiger partial charge on any atom is -0.472 e. The van der Waals surface area contributed by atoms with E-state index in [2.05, 4.69) is 12.1 Å². The molecule has 0 spiro atoms. The summed E-state index contributed by atoms with van der Waals surface area (Å²) in [6.45, 7) is 1.27. The van der Waals surface area contributed by atoms with Crippen molar-refractivity contribution in [2.45, 2.75) is 19.0 Å². The summed E-state index contributed by atoms with van der Waals surface area (Å²) in [7, 11) is 0. The molecule has 0 N–H and O–H groups in total. The van der Waals surface area contributed by atoms with E-state index in [-0.39, 0.29) is 12.4 Å². The molecule has 3 heteroatoms. The summed E-state index contributed by atoms with van der Waals surface area (Å²) in [6.07, 6.45) is 3.87. The molecule has 84 valence electrons. The summed E-state index contributed by atoms with van der Waals surface area (Å²) in [5.41, 5.74) is 1.19. The zero-order chi connectivity index (χ0) is 10.8. The number of benzene rings is 1. The maximum atomic E-state index is 5.62. The third-order valence-electron chi connectivity index (χ3n) is 2.96. The van der Waals surface area contributed by atoms with Crippen LogP contribution in [0.15, 0.2) is 42.7 Å². The molecule has 0 aromatic heterocycles. The lowest BCUT2D eigenvalue weighted by Crippen LogP contribution is -2.48. The van der Waals surface area contributed by atoms with E-state index in [1.165, 1.54) is 5.56 Å². The van der Waals surface area contributed by atoms with Gasteiger partial charge in [-0.15, -0.1) is 0 Å². The maximum Gasteiger partial charge on any atom is 0.208 e. The SMILES string of the molecule is C1=CC2C(COCc3ccccc3)OC2O1. The van der Waals surface area contributed by atoms with Gasteiger partial charge in [-0.1, -0.05) is 30.3 Å². The molecular formula is C13H14O3. The zero-order valence-corrected chi connectivity index (χ0v) is 8.91. The molecule has 0 aliphatic carbocycles. The highest BCUT2D eigenvalue weighted by Gasteiger charge is 2.44. The molecule has 1 saturated heterocycles. The molecule has 0 bridgehead atoms. The second-order valence-electron chi connectivity index (χ2n) is 4.09. The van der Waals surface area contributed by atoms with E-state index in [0.717, 1.165) is 0 Å². The lowest BCUT2D eigenvalue weighted by Gasteiger charge is -2.38. The van der Waals surface area contributed by atoms with Crippen molar-refractivity contribution >= 4 is 0 Å². The molecule has 2 aliphatic rings. The highest BCUT2D eigenvalue weighted by atomic mass is 16.7. The molecule has 3 nitrogen and oxygen atoms in total. The van der Waals surface area contributed by atoms with Crippen molar-refractivity contribution in [1.82, 2.24) is 0 Å². The first kappa shape index (κ1) is 9.87. The predicted molar refractivity (Wildman–Crippen MR) is 58.5 cm³/mol. The van der Waals surface area contributed by atoms with E-state index in [0.29, 0.717) is 19.1 Å². The van der Waals surface area contributed by atoms with Crippen LogP contribution in [0.3, 0.4) is 0 Å². The number of ether oxygens (including phenoxy) is 3. The summed E-state index contributed by atoms with van der Waals surface area (Å²) < 4.78 is 16.3. The first-order valence-electron chi connectivity index (χ1n) is 5.53. The number of rotatable bonds is 4. The predicted octanol–water partition coefficient (Wildman–Crippen LogP) is 2.09. The van der Waals surface area contributed by atoms with E-state index in [9.17, 15) is 0 Å². The summed E-state index contributed by atoms with van der Waals surface area (Å²) in [5.74, 6) is 0.385. The fourth-order valence-corrected chi connectivity index (χ4v) is 2.01. The van der Waals surface area contributed by atoms with E-state index in [1.54, 1.807) is 6.26 Å². The molecule has 1 fully saturated rings. The fourth-order valence-electron chi connectivity index (χ4n) is 2.01. The third-order valence-corrected chi connectivity index (χ3v) is 2.96. The normalized spacial score (nSPS) is 30.6. The standard InChI is InChI=1S/C13H14O3/c1-2-4-10(5-3-1)8-14-9-12-11-6-7-15-13(11)16-12/h1-7,11-13H,8-9H2. The Balaban J connectivity index is 1.43. The van der Waals surface area contributed by atoms with Crippen LogP contribution >= 0.6 is 0 Å². The van der Waals surface area contributed by atoms with Crippen molar-refractivity contribution in [3.8, 4) is 0 Å². The zero-order valence-electron chi connectivity index (χ0n) is 8.91. The summed E-state index contributed by atoms with van der Waals surface area (Å²) in [4.78, 5) is 0. The van der Waals surface area contributed by atoms with Gasteiger partial charge in [0, 0.05) is 0 Å². The second-order valence-corrected chi connectivity index (χ2v) is 4.09. The smallest absolute Gasteiger partial charge is 0.208 e. The van der Waals surface area contributed by atoms with E-state index < -0.39 is 0 Å². The first-order valence-corrected chi connectivity index (χ1v) is 5.53. The summed E-state index contributed by atoms with van der Waals surface area (Å²) >= 11 is 0. The largest absolute Gasteiger partial charge is 0.472 e. The summed E-state index contributed by atoms with van der Waals surface area (Å²) in [5, 5.41) is 0. The molecule has 16 heavy (non-hydrogen) atoms. The number of fused-ring (bicyclic) bond motifs is 1. The first-order chi connectivity index (χ1) is 7.93. The van der Waals surface area contributed by atoms with E-state index in [1.807, 2.05) is 24.3 Å². The molecule has 1 aromatic rings. The Morgan fingerprint density at radius 3 is 2.88 bits per heavy atom. The number of hydrogen-bond donors (Lipinski definition) is 0. The lowest BCUT2D eigenvalue weighted by atomic mass is 9.98. The highest BCUT2D eigenvalue weighted by molar-refractivity contribution is 5.13. The van der Waals surface area contributed by atoms with Crippen molar-refractivity contribution in [2.24, 2.45) is 5.92 Å². The molecule has 3 rings (SSSR count). The molecule has 3 atom stereocenters. The van der Waals surface area contributed by atoms with Gasteiger partial charge >= 0.3 is 0 Å². The average molecular weight is 218 g/mol. The van der Waals surface area contributed by atoms with Gasteiger partial charge in [0.25, 0.3) is 0 Å². The van der Waals surface area contributed by atoms with Gasteiger partial charge in [-0.25, -0.2) is 0 Å². The van der Waals surface area contributed by atoms with Crippen molar-refractivity contribution < 1.29 is 14.2 Å². The van der Waals surface area contributed by atoms with Gasteiger partial charge in [-0.2, -0.15) is 0 Å². The van der Waals surface area contributed by atoms with Crippen LogP contribution < -0.4 is 0 Å². The lowest BCUT2D eigenvalue weighted by molar-refractivity contribution is -0.266. The topological polar surface area (TPSA) is 27.7 Å². The van der Waals surface area contributed by atoms with Crippen LogP contribution in [0.4, 0.5) is 0 Å². The van der Waals surface area contributed by atoms with Gasteiger partial charge in [0.1, 0.15) is 0 Å². The highest BCUT2D eigenvalue weighted by Crippen LogP contribution is 2.35. The van der Waals surface area contributed by atoms with Crippen LogP contribution in [0.25, 0.3) is 0 Å². The van der Waals surface area contributed by atoms with Crippen molar-refractivity contribution in [3.05, 3.63) is 48.2 Å². The van der Waals surface area contributed by atoms with Crippen molar-refractivity contribution in [3.63, 3.8) is 0 Å². The molecule has 0 saturated carbocycles. The minimum absolute atomic E-state index is 0.0506. The maximum absolute atomic E-state index is 5.62. The molecule has 0 radical (unpaired) electrons. The Labute approximate surface area is 94.6 Å². The van der Waals surface area contributed by atoms with Crippen LogP contribution in [0.5, 0.6) is 0 Å². The van der Waals surface area contributed by atoms with Crippen LogP contribution in [0.2, 0.25) is 0 Å². The Morgan fingerprint density at radius 1 is 1.19 bits per heavy atom. The molecule has 2 aliphatic heterocycles. The van der Waals surface area contributed by atoms with Crippen LogP contribution in [0.1, 0.15) is 5.56 Å². The van der Waals surface area contributed by atoms with Crippen molar-refractivity contribution in [1.29, 1.82) is 0 Å². The third kappa shape index (κ3) is 1.84. The Kier molecular flexibility index (Phi) is 2.64. The van der Waals surface area contributed by atoms with Crippen molar-refractivity contribution in [2.75, 3.05) is 6.61 Å². The van der Waals surface area contributed by atoms with E-state index >= 15 is 0 Å². The van der Waals surface area contributed by atoms with Gasteiger partial charge < -0.3 is 14.2 Å². The molecule has 1 aromatic carbocycles. The molecule has 0 amide bonds. The van der Waals surface area contributed by atoms with Gasteiger partial charge in [-0.3, -0.25) is 0 Å². The Morgan fingerprint density at radius 2 is 2.06 bits per heavy atom. The molecule has 2 heterocycles. The van der Waals surface area contributed by atoms with Gasteiger partial charge in [-0.05, 0) is 11.6 Å². The van der Waals surface area contributed by atoms with Gasteiger partial charge in [0.15, 0.2) is 0 Å². The van der Waals surface area contributed by atoms with E-state index in [4.69, 9.17) is 14.2 Å². The summed E-state index contributed by atoms with van der Waals surface area (Å²) in [6, 6.07) is 10.2. The molecular weight excluding hydrogens is 204 g/mol. The fraction of sp³-hybridized carbons (Fsp3) is 0.385. The minimum atomic E-state index is -0.0506. The monoisotopic (exact) mass is 218 g/mol. The van der Waals surface area contributed by atoms with Crippen LogP contribution in [-0.4, -0.2) is 19.0 Å². The van der Waals surface area contributed by atoms with Crippen LogP contribution in [-0.2, 0) is 20.8 Å². The Hall–Kier alpha value is -1.32. The quantitative estimate of drug-likeness (QED) is 0.774. The number of hydrogen-bond acceptors (Lipinski definition) is 3. The Bertz CT molecular complexity index is 374.